The molecule has 116 valence electrons. The quantitative estimate of drug-likeness (QED) is 0.860. The lowest BCUT2D eigenvalue weighted by molar-refractivity contribution is -0.0576. The summed E-state index contributed by atoms with van der Waals surface area (Å²) in [5, 5.41) is 0. The molecule has 1 spiro atoms. The number of piperidine rings is 1. The third-order valence-corrected chi connectivity index (χ3v) is 6.09. The average molecular weight is 280 g/mol. The molecule has 2 aliphatic heterocycles. The molecule has 2 heterocycles. The van der Waals surface area contributed by atoms with Gasteiger partial charge < -0.3 is 10.5 Å². The summed E-state index contributed by atoms with van der Waals surface area (Å²) in [6.07, 6.45) is 12.4. The van der Waals surface area contributed by atoms with Crippen molar-refractivity contribution in [1.82, 2.24) is 4.90 Å². The van der Waals surface area contributed by atoms with Gasteiger partial charge in [0.2, 0.25) is 0 Å². The van der Waals surface area contributed by atoms with E-state index < -0.39 is 0 Å². The molecule has 3 nitrogen and oxygen atoms in total. The number of likely N-dealkylation sites (tertiary alicyclic amines) is 1. The van der Waals surface area contributed by atoms with Gasteiger partial charge in [-0.3, -0.25) is 4.90 Å². The summed E-state index contributed by atoms with van der Waals surface area (Å²) in [6.45, 7) is 5.48. The van der Waals surface area contributed by atoms with Crippen molar-refractivity contribution in [2.75, 3.05) is 19.6 Å². The van der Waals surface area contributed by atoms with Gasteiger partial charge in [-0.15, -0.1) is 0 Å². The van der Waals surface area contributed by atoms with Crippen molar-refractivity contribution in [2.45, 2.75) is 82.5 Å². The molecule has 3 heteroatoms. The van der Waals surface area contributed by atoms with Gasteiger partial charge >= 0.3 is 0 Å². The first-order chi connectivity index (χ1) is 9.76. The maximum absolute atomic E-state index is 6.49. The molecule has 1 aliphatic carbocycles. The van der Waals surface area contributed by atoms with E-state index in [9.17, 15) is 0 Å². The summed E-state index contributed by atoms with van der Waals surface area (Å²) >= 11 is 0. The number of nitrogens with two attached hydrogens (primary N) is 1. The summed E-state index contributed by atoms with van der Waals surface area (Å²) in [6, 6.07) is 0.595. The van der Waals surface area contributed by atoms with E-state index in [4.69, 9.17) is 10.5 Å². The van der Waals surface area contributed by atoms with Crippen LogP contribution in [-0.2, 0) is 4.74 Å². The highest BCUT2D eigenvalue weighted by atomic mass is 16.5. The van der Waals surface area contributed by atoms with Crippen LogP contribution in [0.15, 0.2) is 0 Å². The molecule has 3 fully saturated rings. The molecule has 20 heavy (non-hydrogen) atoms. The van der Waals surface area contributed by atoms with E-state index in [0.29, 0.717) is 12.1 Å². The topological polar surface area (TPSA) is 38.5 Å². The minimum absolute atomic E-state index is 0.281. The fraction of sp³-hybridized carbons (Fsp3) is 1.00. The molecule has 3 unspecified atom stereocenters. The predicted molar refractivity (Wildman–Crippen MR) is 82.7 cm³/mol. The predicted octanol–water partition coefficient (Wildman–Crippen LogP) is 2.93. The highest BCUT2D eigenvalue weighted by Gasteiger charge is 2.43. The van der Waals surface area contributed by atoms with E-state index >= 15 is 0 Å². The fourth-order valence-corrected chi connectivity index (χ4v) is 4.93. The lowest BCUT2D eigenvalue weighted by Gasteiger charge is -2.42. The lowest BCUT2D eigenvalue weighted by Crippen LogP contribution is -2.51. The zero-order valence-corrected chi connectivity index (χ0v) is 13.2. The SMILES string of the molecule is CCC1CCCN(CC2CCC3(CCCC3)O2)C1CN. The maximum atomic E-state index is 6.49. The van der Waals surface area contributed by atoms with E-state index in [1.54, 1.807) is 0 Å². The monoisotopic (exact) mass is 280 g/mol. The summed E-state index contributed by atoms with van der Waals surface area (Å²) in [7, 11) is 0. The second-order valence-electron chi connectivity index (χ2n) is 7.28. The number of hydrogen-bond donors (Lipinski definition) is 1. The van der Waals surface area contributed by atoms with Crippen LogP contribution in [0.2, 0.25) is 0 Å². The van der Waals surface area contributed by atoms with Crippen molar-refractivity contribution in [3.8, 4) is 0 Å². The van der Waals surface area contributed by atoms with E-state index in [1.165, 1.54) is 64.3 Å². The molecule has 2 saturated heterocycles. The van der Waals surface area contributed by atoms with Crippen LogP contribution in [0, 0.1) is 5.92 Å². The van der Waals surface area contributed by atoms with Crippen LogP contribution in [-0.4, -0.2) is 42.3 Å². The smallest absolute Gasteiger partial charge is 0.0710 e. The Morgan fingerprint density at radius 3 is 2.65 bits per heavy atom. The Kier molecular flexibility index (Phi) is 4.68. The molecule has 0 aromatic carbocycles. The standard InChI is InChI=1S/C17H32N2O/c1-2-14-6-5-11-19(16(14)12-18)13-15-7-10-17(20-15)8-3-4-9-17/h14-16H,2-13,18H2,1H3. The Hall–Kier alpha value is -0.120. The van der Waals surface area contributed by atoms with Gasteiger partial charge in [-0.2, -0.15) is 0 Å². The summed E-state index contributed by atoms with van der Waals surface area (Å²) in [5.74, 6) is 0.801. The van der Waals surface area contributed by atoms with Crippen molar-refractivity contribution >= 4 is 0 Å². The van der Waals surface area contributed by atoms with Crippen LogP contribution < -0.4 is 5.73 Å². The van der Waals surface area contributed by atoms with Crippen LogP contribution in [0.4, 0.5) is 0 Å². The van der Waals surface area contributed by atoms with Gasteiger partial charge in [0, 0.05) is 19.1 Å². The number of nitrogens with zero attached hydrogens (tertiary/aromatic N) is 1. The van der Waals surface area contributed by atoms with Crippen LogP contribution in [0.1, 0.15) is 64.7 Å². The van der Waals surface area contributed by atoms with Gasteiger partial charge in [0.15, 0.2) is 0 Å². The molecule has 3 rings (SSSR count). The van der Waals surface area contributed by atoms with Gasteiger partial charge in [0.1, 0.15) is 0 Å². The molecule has 3 atom stereocenters. The molecular formula is C17H32N2O. The largest absolute Gasteiger partial charge is 0.370 e. The zero-order valence-electron chi connectivity index (χ0n) is 13.2. The lowest BCUT2D eigenvalue weighted by atomic mass is 9.87. The highest BCUT2D eigenvalue weighted by Crippen LogP contribution is 2.43. The molecular weight excluding hydrogens is 248 g/mol. The van der Waals surface area contributed by atoms with Gasteiger partial charge in [-0.05, 0) is 51.0 Å². The first-order valence-corrected chi connectivity index (χ1v) is 8.88. The second kappa shape index (κ2) is 6.33. The number of hydrogen-bond acceptors (Lipinski definition) is 3. The summed E-state index contributed by atoms with van der Waals surface area (Å²) < 4.78 is 6.49. The first-order valence-electron chi connectivity index (χ1n) is 8.88. The van der Waals surface area contributed by atoms with Gasteiger partial charge in [0.05, 0.1) is 11.7 Å². The highest BCUT2D eigenvalue weighted by molar-refractivity contribution is 4.95. The minimum Gasteiger partial charge on any atom is -0.370 e. The van der Waals surface area contributed by atoms with Gasteiger partial charge in [0.25, 0.3) is 0 Å². The van der Waals surface area contributed by atoms with Crippen molar-refractivity contribution in [2.24, 2.45) is 11.7 Å². The summed E-state index contributed by atoms with van der Waals surface area (Å²) in [4.78, 5) is 2.65. The fourth-order valence-electron chi connectivity index (χ4n) is 4.93. The van der Waals surface area contributed by atoms with E-state index in [2.05, 4.69) is 11.8 Å². The normalized spacial score (nSPS) is 37.8. The molecule has 3 aliphatic rings. The van der Waals surface area contributed by atoms with Crippen molar-refractivity contribution in [1.29, 1.82) is 0 Å². The second-order valence-corrected chi connectivity index (χ2v) is 7.28. The van der Waals surface area contributed by atoms with E-state index in [-0.39, 0.29) is 5.60 Å². The third-order valence-electron chi connectivity index (χ3n) is 6.09. The van der Waals surface area contributed by atoms with Gasteiger partial charge in [-0.25, -0.2) is 0 Å². The van der Waals surface area contributed by atoms with E-state index in [1.807, 2.05) is 0 Å². The minimum atomic E-state index is 0.281. The molecule has 0 amide bonds. The van der Waals surface area contributed by atoms with E-state index in [0.717, 1.165) is 19.0 Å². The molecule has 0 aromatic heterocycles. The number of ether oxygens (including phenoxy) is 1. The molecule has 0 bridgehead atoms. The van der Waals surface area contributed by atoms with Crippen LogP contribution in [0.3, 0.4) is 0 Å². The molecule has 0 aromatic rings. The maximum Gasteiger partial charge on any atom is 0.0710 e. The van der Waals surface area contributed by atoms with Crippen LogP contribution in [0.25, 0.3) is 0 Å². The zero-order chi connectivity index (χ0) is 14.0. The molecule has 2 N–H and O–H groups in total. The third kappa shape index (κ3) is 2.90. The van der Waals surface area contributed by atoms with Crippen LogP contribution >= 0.6 is 0 Å². The summed E-state index contributed by atoms with van der Waals surface area (Å²) in [5.41, 5.74) is 6.35. The average Bonchev–Trinajstić information content (AvgIpc) is 3.09. The van der Waals surface area contributed by atoms with Crippen molar-refractivity contribution in [3.63, 3.8) is 0 Å². The Morgan fingerprint density at radius 2 is 1.95 bits per heavy atom. The Labute approximate surface area is 124 Å². The Morgan fingerprint density at radius 1 is 1.15 bits per heavy atom. The van der Waals surface area contributed by atoms with Crippen molar-refractivity contribution in [3.05, 3.63) is 0 Å². The Bertz CT molecular complexity index is 314. The Balaban J connectivity index is 1.57. The molecule has 0 radical (unpaired) electrons. The van der Waals surface area contributed by atoms with Crippen molar-refractivity contribution < 1.29 is 4.74 Å². The first kappa shape index (κ1) is 14.8. The number of rotatable bonds is 4. The van der Waals surface area contributed by atoms with Crippen LogP contribution in [0.5, 0.6) is 0 Å². The van der Waals surface area contributed by atoms with Gasteiger partial charge in [-0.1, -0.05) is 26.2 Å². The molecule has 1 saturated carbocycles.